The minimum Gasteiger partial charge on any atom is -0.435 e. The fourth-order valence-corrected chi connectivity index (χ4v) is 5.62. The predicted molar refractivity (Wildman–Crippen MR) is 220 cm³/mol. The molecule has 0 radical (unpaired) electrons. The maximum atomic E-state index is 13.2. The minimum absolute atomic E-state index is 0.0907. The Kier molecular flexibility index (Phi) is 36.9. The Labute approximate surface area is 342 Å². The van der Waals surface area contributed by atoms with E-state index in [1.54, 1.807) is 0 Å². The maximum Gasteiger partial charge on any atom is 0.308 e. The van der Waals surface area contributed by atoms with Gasteiger partial charge >= 0.3 is 11.9 Å². The molecule has 0 aliphatic carbocycles. The molecule has 334 valence electrons. The van der Waals surface area contributed by atoms with Crippen molar-refractivity contribution in [2.75, 3.05) is 52.9 Å². The average molecular weight is 807 g/mol. The summed E-state index contributed by atoms with van der Waals surface area (Å²) < 4.78 is 61.0. The molecule has 0 rings (SSSR count). The Morgan fingerprint density at radius 3 is 0.911 bits per heavy atom. The van der Waals surface area contributed by atoms with Crippen molar-refractivity contribution in [2.45, 2.75) is 221 Å². The predicted octanol–water partition coefficient (Wildman–Crippen LogP) is 10.9. The number of rotatable bonds is 43. The van der Waals surface area contributed by atoms with Crippen molar-refractivity contribution in [3.63, 3.8) is 0 Å². The molecule has 0 aliphatic heterocycles. The normalized spacial score (nSPS) is 13.2. The molecule has 0 N–H and O–H groups in total. The molecule has 12 heteroatoms. The van der Waals surface area contributed by atoms with E-state index in [1.807, 2.05) is 41.5 Å². The molecule has 0 saturated heterocycles. The molecule has 0 aromatic carbocycles. The zero-order valence-corrected chi connectivity index (χ0v) is 37.3. The van der Waals surface area contributed by atoms with Crippen molar-refractivity contribution < 1.29 is 57.0 Å². The first-order valence-corrected chi connectivity index (χ1v) is 22.7. The van der Waals surface area contributed by atoms with E-state index in [2.05, 4.69) is 13.8 Å². The summed E-state index contributed by atoms with van der Waals surface area (Å²) in [5, 5.41) is 0. The highest BCUT2D eigenvalue weighted by molar-refractivity contribution is 5.70. The Morgan fingerprint density at radius 1 is 0.357 bits per heavy atom. The summed E-state index contributed by atoms with van der Waals surface area (Å²) in [6.45, 7) is 19.9. The molecule has 0 amide bonds. The standard InChI is InChI=1S/C44H86O12/c1-9-17-19-21-25-35-47-41(37-43(49-29-11-3,50-30-12-4)51-31-13-5)55-39(45)27-23-24-28-40(46)56-42(48-36-26-22-20-18-10-2)38-44(52-32-14-6,53-33-15-7)54-34-16-8/h41-42H,9-38H2,1-8H3. The van der Waals surface area contributed by atoms with Gasteiger partial charge in [-0.1, -0.05) is 107 Å². The summed E-state index contributed by atoms with van der Waals surface area (Å²) in [5.41, 5.74) is 0. The van der Waals surface area contributed by atoms with Gasteiger partial charge < -0.3 is 47.4 Å². The minimum atomic E-state index is -1.38. The first-order valence-electron chi connectivity index (χ1n) is 22.7. The smallest absolute Gasteiger partial charge is 0.308 e. The molecule has 56 heavy (non-hydrogen) atoms. The molecule has 12 nitrogen and oxygen atoms in total. The van der Waals surface area contributed by atoms with E-state index < -0.39 is 36.5 Å². The molecule has 2 atom stereocenters. The van der Waals surface area contributed by atoms with Gasteiger partial charge in [0.25, 0.3) is 11.9 Å². The zero-order chi connectivity index (χ0) is 41.6. The van der Waals surface area contributed by atoms with Crippen molar-refractivity contribution in [3.8, 4) is 0 Å². The second-order valence-corrected chi connectivity index (χ2v) is 14.5. The van der Waals surface area contributed by atoms with Gasteiger partial charge in [-0.25, -0.2) is 0 Å². The van der Waals surface area contributed by atoms with Crippen molar-refractivity contribution in [2.24, 2.45) is 0 Å². The maximum absolute atomic E-state index is 13.2. The van der Waals surface area contributed by atoms with Gasteiger partial charge in [-0.15, -0.1) is 0 Å². The quantitative estimate of drug-likeness (QED) is 0.0331. The summed E-state index contributed by atoms with van der Waals surface area (Å²) in [6.07, 6.45) is 14.8. The van der Waals surface area contributed by atoms with Crippen LogP contribution in [0.3, 0.4) is 0 Å². The SMILES string of the molecule is CCCCCCCOC(CC(OCCC)(OCCC)OCCC)OC(=O)CCCCC(=O)OC(CC(OCCC)(OCCC)OCCC)OCCCCCCC. The van der Waals surface area contributed by atoms with Crippen molar-refractivity contribution in [1.82, 2.24) is 0 Å². The molecule has 0 saturated carbocycles. The first-order chi connectivity index (χ1) is 27.2. The van der Waals surface area contributed by atoms with E-state index >= 15 is 0 Å². The van der Waals surface area contributed by atoms with Gasteiger partial charge in [0.2, 0.25) is 12.6 Å². The van der Waals surface area contributed by atoms with Gasteiger partial charge in [0, 0.05) is 12.8 Å². The van der Waals surface area contributed by atoms with E-state index in [1.165, 1.54) is 12.8 Å². The Bertz CT molecular complexity index is 775. The number of esters is 2. The summed E-state index contributed by atoms with van der Waals surface area (Å²) in [4.78, 5) is 26.4. The van der Waals surface area contributed by atoms with Crippen LogP contribution in [0.25, 0.3) is 0 Å². The fourth-order valence-electron chi connectivity index (χ4n) is 5.62. The summed E-state index contributed by atoms with van der Waals surface area (Å²) in [7, 11) is 0. The molecule has 0 bridgehead atoms. The summed E-state index contributed by atoms with van der Waals surface area (Å²) >= 11 is 0. The molecular formula is C44H86O12. The van der Waals surface area contributed by atoms with Crippen molar-refractivity contribution in [1.29, 1.82) is 0 Å². The zero-order valence-electron chi connectivity index (χ0n) is 37.3. The Hall–Kier alpha value is -1.38. The van der Waals surface area contributed by atoms with Gasteiger partial charge in [-0.2, -0.15) is 0 Å². The largest absolute Gasteiger partial charge is 0.435 e. The number of hydrogen-bond donors (Lipinski definition) is 0. The summed E-state index contributed by atoms with van der Waals surface area (Å²) in [6, 6.07) is 0. The van der Waals surface area contributed by atoms with Crippen molar-refractivity contribution in [3.05, 3.63) is 0 Å². The van der Waals surface area contributed by atoms with Gasteiger partial charge in [-0.3, -0.25) is 9.59 Å². The van der Waals surface area contributed by atoms with Crippen LogP contribution in [-0.2, 0) is 57.0 Å². The van der Waals surface area contributed by atoms with Crippen molar-refractivity contribution >= 4 is 11.9 Å². The van der Waals surface area contributed by atoms with Crippen LogP contribution in [0.2, 0.25) is 0 Å². The van der Waals surface area contributed by atoms with E-state index in [4.69, 9.17) is 47.4 Å². The fraction of sp³-hybridized carbons (Fsp3) is 0.955. The van der Waals surface area contributed by atoms with E-state index in [9.17, 15) is 9.59 Å². The molecule has 0 fully saturated rings. The van der Waals surface area contributed by atoms with Gasteiger partial charge in [-0.05, 0) is 64.2 Å². The number of carbonyl (C=O) groups excluding carboxylic acids is 2. The van der Waals surface area contributed by atoms with E-state index in [0.29, 0.717) is 65.7 Å². The molecule has 0 heterocycles. The number of ether oxygens (including phenoxy) is 10. The molecule has 0 aliphatic rings. The van der Waals surface area contributed by atoms with Gasteiger partial charge in [0.15, 0.2) is 0 Å². The third-order valence-electron chi connectivity index (χ3n) is 8.63. The van der Waals surface area contributed by atoms with Crippen LogP contribution in [0.5, 0.6) is 0 Å². The van der Waals surface area contributed by atoms with Crippen LogP contribution in [0.15, 0.2) is 0 Å². The van der Waals surface area contributed by atoms with Crippen LogP contribution in [0, 0.1) is 0 Å². The molecule has 0 spiro atoms. The lowest BCUT2D eigenvalue weighted by Crippen LogP contribution is -2.45. The molecule has 0 aromatic rings. The first kappa shape index (κ1) is 54.6. The monoisotopic (exact) mass is 807 g/mol. The van der Waals surface area contributed by atoms with Crippen LogP contribution < -0.4 is 0 Å². The number of unbranched alkanes of at least 4 members (excludes halogenated alkanes) is 9. The lowest BCUT2D eigenvalue weighted by atomic mass is 10.2. The van der Waals surface area contributed by atoms with E-state index in [0.717, 1.165) is 89.9 Å². The lowest BCUT2D eigenvalue weighted by molar-refractivity contribution is -0.398. The Morgan fingerprint density at radius 2 is 0.643 bits per heavy atom. The van der Waals surface area contributed by atoms with Crippen LogP contribution in [0.1, 0.15) is 197 Å². The average Bonchev–Trinajstić information content (AvgIpc) is 3.19. The molecular weight excluding hydrogens is 720 g/mol. The van der Waals surface area contributed by atoms with Crippen LogP contribution in [-0.4, -0.2) is 89.3 Å². The van der Waals surface area contributed by atoms with Crippen LogP contribution in [0.4, 0.5) is 0 Å². The topological polar surface area (TPSA) is 126 Å². The second-order valence-electron chi connectivity index (χ2n) is 14.5. The lowest BCUT2D eigenvalue weighted by Gasteiger charge is -2.35. The highest BCUT2D eigenvalue weighted by atomic mass is 16.9. The Balaban J connectivity index is 5.61. The highest BCUT2D eigenvalue weighted by Gasteiger charge is 2.40. The second kappa shape index (κ2) is 37.9. The summed E-state index contributed by atoms with van der Waals surface area (Å²) in [5.74, 6) is -3.61. The number of hydrogen-bond acceptors (Lipinski definition) is 12. The highest BCUT2D eigenvalue weighted by Crippen LogP contribution is 2.28. The third-order valence-corrected chi connectivity index (χ3v) is 8.63. The van der Waals surface area contributed by atoms with Gasteiger partial charge in [0.1, 0.15) is 0 Å². The molecule has 2 unspecified atom stereocenters. The number of carbonyl (C=O) groups is 2. The van der Waals surface area contributed by atoms with Gasteiger partial charge in [0.05, 0.1) is 65.7 Å². The van der Waals surface area contributed by atoms with E-state index in [-0.39, 0.29) is 25.7 Å². The van der Waals surface area contributed by atoms with Crippen LogP contribution >= 0.6 is 0 Å². The third kappa shape index (κ3) is 28.9. The molecule has 0 aromatic heterocycles.